The molecular formula is C24H13ClO3. The SMILES string of the molecule is O=C1C=Cc2cc3c(Cl)c4ccccc4c(Oc4ccccc4)c3cc2C1=O. The molecule has 0 unspecified atom stereocenters. The number of allylic oxidation sites excluding steroid dienone is 1. The van der Waals surface area contributed by atoms with Gasteiger partial charge in [0.15, 0.2) is 0 Å². The largest absolute Gasteiger partial charge is 0.456 e. The highest BCUT2D eigenvalue weighted by atomic mass is 35.5. The molecule has 28 heavy (non-hydrogen) atoms. The fraction of sp³-hybridized carbons (Fsp3) is 0. The molecule has 0 saturated carbocycles. The number of fused-ring (bicyclic) bond motifs is 3. The molecule has 4 aromatic rings. The number of rotatable bonds is 2. The van der Waals surface area contributed by atoms with Crippen molar-refractivity contribution in [2.75, 3.05) is 0 Å². The molecule has 134 valence electrons. The number of Topliss-reactive ketones (excluding diaryl/α,β-unsaturated/α-hetero) is 1. The van der Waals surface area contributed by atoms with Crippen molar-refractivity contribution in [3.05, 3.63) is 89.0 Å². The minimum atomic E-state index is -0.524. The zero-order valence-corrected chi connectivity index (χ0v) is 15.4. The Morgan fingerprint density at radius 3 is 2.21 bits per heavy atom. The quantitative estimate of drug-likeness (QED) is 0.304. The summed E-state index contributed by atoms with van der Waals surface area (Å²) >= 11 is 6.73. The molecule has 5 rings (SSSR count). The summed E-state index contributed by atoms with van der Waals surface area (Å²) < 4.78 is 6.24. The minimum absolute atomic E-state index is 0.365. The molecule has 0 amide bonds. The first-order valence-electron chi connectivity index (χ1n) is 8.81. The number of benzene rings is 4. The van der Waals surface area contributed by atoms with Crippen LogP contribution in [0.15, 0.2) is 72.8 Å². The number of ketones is 2. The lowest BCUT2D eigenvalue weighted by Gasteiger charge is -2.17. The lowest BCUT2D eigenvalue weighted by atomic mass is 9.90. The van der Waals surface area contributed by atoms with E-state index in [0.717, 1.165) is 16.2 Å². The summed E-state index contributed by atoms with van der Waals surface area (Å²) in [6.45, 7) is 0. The van der Waals surface area contributed by atoms with Crippen LogP contribution in [0.2, 0.25) is 5.02 Å². The summed E-state index contributed by atoms with van der Waals surface area (Å²) in [5.74, 6) is 0.244. The number of carbonyl (C=O) groups is 2. The Bertz CT molecular complexity index is 1320. The first kappa shape index (κ1) is 16.7. The molecule has 0 radical (unpaired) electrons. The van der Waals surface area contributed by atoms with Crippen LogP contribution in [0, 0.1) is 0 Å². The zero-order chi connectivity index (χ0) is 19.3. The van der Waals surface area contributed by atoms with Gasteiger partial charge in [-0.3, -0.25) is 9.59 Å². The Labute approximate surface area is 165 Å². The van der Waals surface area contributed by atoms with Gasteiger partial charge >= 0.3 is 0 Å². The highest BCUT2D eigenvalue weighted by molar-refractivity contribution is 6.50. The van der Waals surface area contributed by atoms with Gasteiger partial charge in [-0.1, -0.05) is 60.1 Å². The standard InChI is InChI=1S/C24H13ClO3/c25-22-16-8-4-5-9-17(16)24(28-15-6-2-1-3-7-15)20-13-18-14(12-19(20)22)10-11-21(26)23(18)27/h1-13H. The molecule has 0 bridgehead atoms. The Hall–Kier alpha value is -3.43. The minimum Gasteiger partial charge on any atom is -0.456 e. The van der Waals surface area contributed by atoms with Crippen LogP contribution in [0.25, 0.3) is 27.6 Å². The molecule has 4 aromatic carbocycles. The molecular weight excluding hydrogens is 372 g/mol. The van der Waals surface area contributed by atoms with Gasteiger partial charge in [-0.05, 0) is 35.9 Å². The van der Waals surface area contributed by atoms with E-state index < -0.39 is 11.6 Å². The summed E-state index contributed by atoms with van der Waals surface area (Å²) in [7, 11) is 0. The third-order valence-corrected chi connectivity index (χ3v) is 5.33. The Balaban J connectivity index is 1.89. The Morgan fingerprint density at radius 1 is 0.714 bits per heavy atom. The second-order valence-corrected chi connectivity index (χ2v) is 6.99. The first-order valence-corrected chi connectivity index (χ1v) is 9.19. The molecule has 0 aromatic heterocycles. The predicted molar refractivity (Wildman–Crippen MR) is 111 cm³/mol. The van der Waals surface area contributed by atoms with Crippen LogP contribution in [-0.2, 0) is 4.79 Å². The number of hydrogen-bond acceptors (Lipinski definition) is 3. The molecule has 0 heterocycles. The molecule has 0 atom stereocenters. The average molecular weight is 385 g/mol. The third kappa shape index (κ3) is 2.52. The van der Waals surface area contributed by atoms with Gasteiger partial charge in [0.25, 0.3) is 0 Å². The molecule has 0 spiro atoms. The smallest absolute Gasteiger partial charge is 0.233 e. The molecule has 4 heteroatoms. The maximum Gasteiger partial charge on any atom is 0.233 e. The summed E-state index contributed by atoms with van der Waals surface area (Å²) in [6, 6.07) is 20.7. The maximum absolute atomic E-state index is 12.4. The van der Waals surface area contributed by atoms with Crippen molar-refractivity contribution >= 4 is 50.8 Å². The zero-order valence-electron chi connectivity index (χ0n) is 14.6. The monoisotopic (exact) mass is 384 g/mol. The first-order chi connectivity index (χ1) is 13.6. The molecule has 0 aliphatic heterocycles. The topological polar surface area (TPSA) is 43.4 Å². The van der Waals surface area contributed by atoms with Crippen LogP contribution in [0.5, 0.6) is 11.5 Å². The molecule has 0 saturated heterocycles. The van der Waals surface area contributed by atoms with E-state index in [2.05, 4.69) is 0 Å². The van der Waals surface area contributed by atoms with Crippen LogP contribution < -0.4 is 4.74 Å². The van der Waals surface area contributed by atoms with E-state index in [1.165, 1.54) is 6.08 Å². The summed E-state index contributed by atoms with van der Waals surface area (Å²) in [4.78, 5) is 24.3. The lowest BCUT2D eigenvalue weighted by Crippen LogP contribution is -2.16. The average Bonchev–Trinajstić information content (AvgIpc) is 2.74. The van der Waals surface area contributed by atoms with Crippen molar-refractivity contribution < 1.29 is 14.3 Å². The van der Waals surface area contributed by atoms with Crippen molar-refractivity contribution in [2.45, 2.75) is 0 Å². The van der Waals surface area contributed by atoms with Crippen molar-refractivity contribution in [1.82, 2.24) is 0 Å². The number of para-hydroxylation sites is 1. The number of hydrogen-bond donors (Lipinski definition) is 0. The van der Waals surface area contributed by atoms with Gasteiger partial charge < -0.3 is 4.74 Å². The van der Waals surface area contributed by atoms with Crippen LogP contribution in [0.4, 0.5) is 0 Å². The normalized spacial score (nSPS) is 13.2. The van der Waals surface area contributed by atoms with Gasteiger partial charge in [-0.25, -0.2) is 0 Å². The summed E-state index contributed by atoms with van der Waals surface area (Å²) in [5.41, 5.74) is 1.05. The third-order valence-electron chi connectivity index (χ3n) is 4.92. The Kier molecular flexibility index (Phi) is 3.78. The number of carbonyl (C=O) groups excluding carboxylic acids is 2. The van der Waals surface area contributed by atoms with Gasteiger partial charge in [0, 0.05) is 27.1 Å². The van der Waals surface area contributed by atoms with Crippen molar-refractivity contribution in [2.24, 2.45) is 0 Å². The van der Waals surface area contributed by atoms with E-state index in [0.29, 0.717) is 33.0 Å². The maximum atomic E-state index is 12.4. The van der Waals surface area contributed by atoms with Gasteiger partial charge in [0.1, 0.15) is 11.5 Å². The van der Waals surface area contributed by atoms with Crippen LogP contribution >= 0.6 is 11.6 Å². The molecule has 1 aliphatic carbocycles. The molecule has 0 N–H and O–H groups in total. The van der Waals surface area contributed by atoms with Crippen LogP contribution in [-0.4, -0.2) is 11.6 Å². The number of halogens is 1. The lowest BCUT2D eigenvalue weighted by molar-refractivity contribution is -0.110. The van der Waals surface area contributed by atoms with E-state index in [1.54, 1.807) is 12.1 Å². The van der Waals surface area contributed by atoms with E-state index >= 15 is 0 Å². The van der Waals surface area contributed by atoms with E-state index in [1.807, 2.05) is 60.7 Å². The second kappa shape index (κ2) is 6.32. The highest BCUT2D eigenvalue weighted by Gasteiger charge is 2.24. The van der Waals surface area contributed by atoms with E-state index in [9.17, 15) is 9.59 Å². The van der Waals surface area contributed by atoms with E-state index in [-0.39, 0.29) is 0 Å². The van der Waals surface area contributed by atoms with E-state index in [4.69, 9.17) is 16.3 Å². The van der Waals surface area contributed by atoms with Crippen molar-refractivity contribution in [3.63, 3.8) is 0 Å². The molecule has 3 nitrogen and oxygen atoms in total. The van der Waals surface area contributed by atoms with Crippen molar-refractivity contribution in [3.8, 4) is 11.5 Å². The van der Waals surface area contributed by atoms with Gasteiger partial charge in [-0.15, -0.1) is 0 Å². The van der Waals surface area contributed by atoms with Crippen LogP contribution in [0.3, 0.4) is 0 Å². The van der Waals surface area contributed by atoms with Crippen molar-refractivity contribution in [1.29, 1.82) is 0 Å². The summed E-state index contributed by atoms with van der Waals surface area (Å²) in [5, 5.41) is 3.77. The molecule has 0 fully saturated rings. The second-order valence-electron chi connectivity index (χ2n) is 6.62. The predicted octanol–water partition coefficient (Wildman–Crippen LogP) is 6.22. The summed E-state index contributed by atoms with van der Waals surface area (Å²) in [6.07, 6.45) is 2.95. The van der Waals surface area contributed by atoms with Crippen LogP contribution in [0.1, 0.15) is 15.9 Å². The van der Waals surface area contributed by atoms with Gasteiger partial charge in [-0.2, -0.15) is 0 Å². The highest BCUT2D eigenvalue weighted by Crippen LogP contribution is 2.44. The molecule has 1 aliphatic rings. The van der Waals surface area contributed by atoms with Gasteiger partial charge in [0.2, 0.25) is 11.6 Å². The Morgan fingerprint density at radius 2 is 1.43 bits per heavy atom. The number of ether oxygens (including phenoxy) is 1. The van der Waals surface area contributed by atoms with Gasteiger partial charge in [0.05, 0.1) is 5.02 Å². The fourth-order valence-electron chi connectivity index (χ4n) is 3.57. The fourth-order valence-corrected chi connectivity index (χ4v) is 3.89.